The van der Waals surface area contributed by atoms with E-state index in [2.05, 4.69) is 10.3 Å². The zero-order valence-corrected chi connectivity index (χ0v) is 12.0. The summed E-state index contributed by atoms with van der Waals surface area (Å²) in [6.07, 6.45) is 1.81. The minimum absolute atomic E-state index is 0.0452. The van der Waals surface area contributed by atoms with Gasteiger partial charge in [-0.2, -0.15) is 0 Å². The lowest BCUT2D eigenvalue weighted by molar-refractivity contribution is 0.0939. The third-order valence-corrected chi connectivity index (χ3v) is 3.31. The van der Waals surface area contributed by atoms with Gasteiger partial charge in [-0.05, 0) is 45.4 Å². The molecule has 0 radical (unpaired) electrons. The van der Waals surface area contributed by atoms with E-state index in [1.165, 1.54) is 0 Å². The first kappa shape index (κ1) is 14.5. The van der Waals surface area contributed by atoms with Crippen molar-refractivity contribution in [2.45, 2.75) is 32.7 Å². The van der Waals surface area contributed by atoms with Crippen molar-refractivity contribution < 1.29 is 4.79 Å². The largest absolute Gasteiger partial charge is 0.350 e. The Morgan fingerprint density at radius 1 is 1.40 bits per heavy atom. The highest BCUT2D eigenvalue weighted by Crippen LogP contribution is 2.18. The van der Waals surface area contributed by atoms with Crippen molar-refractivity contribution >= 4 is 16.8 Å². The molecule has 1 heterocycles. The first-order valence-electron chi connectivity index (χ1n) is 6.99. The molecule has 0 saturated carbocycles. The van der Waals surface area contributed by atoms with Gasteiger partial charge in [0.15, 0.2) is 0 Å². The summed E-state index contributed by atoms with van der Waals surface area (Å²) in [6, 6.07) is 9.68. The number of fused-ring (bicyclic) bond motifs is 1. The summed E-state index contributed by atoms with van der Waals surface area (Å²) in [5.74, 6) is -0.0452. The van der Waals surface area contributed by atoms with E-state index in [4.69, 9.17) is 5.73 Å². The molecule has 2 aromatic rings. The highest BCUT2D eigenvalue weighted by Gasteiger charge is 2.13. The molecule has 1 aromatic carbocycles. The molecule has 2 rings (SSSR count). The molecule has 0 bridgehead atoms. The van der Waals surface area contributed by atoms with E-state index < -0.39 is 0 Å². The van der Waals surface area contributed by atoms with Gasteiger partial charge in [0, 0.05) is 17.1 Å². The second kappa shape index (κ2) is 6.48. The Kier molecular flexibility index (Phi) is 4.69. The third kappa shape index (κ3) is 3.33. The number of hydrogen-bond acceptors (Lipinski definition) is 3. The second-order valence-corrected chi connectivity index (χ2v) is 5.13. The fourth-order valence-electron chi connectivity index (χ4n) is 2.29. The predicted molar refractivity (Wildman–Crippen MR) is 81.7 cm³/mol. The SMILES string of the molecule is Cc1cc(C(=O)NC(C)CCCN)c2ccccc2n1. The average Bonchev–Trinajstić information content (AvgIpc) is 2.44. The fraction of sp³-hybridized carbons (Fsp3) is 0.375. The first-order valence-corrected chi connectivity index (χ1v) is 6.99. The van der Waals surface area contributed by atoms with Gasteiger partial charge in [0.2, 0.25) is 0 Å². The molecule has 0 aliphatic rings. The summed E-state index contributed by atoms with van der Waals surface area (Å²) in [7, 11) is 0. The maximum atomic E-state index is 12.4. The number of amides is 1. The molecular weight excluding hydrogens is 250 g/mol. The van der Waals surface area contributed by atoms with Gasteiger partial charge < -0.3 is 11.1 Å². The van der Waals surface area contributed by atoms with Crippen LogP contribution in [-0.4, -0.2) is 23.5 Å². The number of nitrogens with two attached hydrogens (primary N) is 1. The summed E-state index contributed by atoms with van der Waals surface area (Å²) in [6.45, 7) is 4.56. The van der Waals surface area contributed by atoms with Gasteiger partial charge in [0.05, 0.1) is 11.1 Å². The lowest BCUT2D eigenvalue weighted by Crippen LogP contribution is -2.33. The molecule has 4 heteroatoms. The minimum atomic E-state index is -0.0452. The van der Waals surface area contributed by atoms with Crippen molar-refractivity contribution in [3.05, 3.63) is 41.6 Å². The summed E-state index contributed by atoms with van der Waals surface area (Å²) < 4.78 is 0. The number of aryl methyl sites for hydroxylation is 1. The van der Waals surface area contributed by atoms with Crippen LogP contribution in [0.25, 0.3) is 10.9 Å². The topological polar surface area (TPSA) is 68.0 Å². The number of carbonyl (C=O) groups is 1. The average molecular weight is 271 g/mol. The van der Waals surface area contributed by atoms with E-state index in [-0.39, 0.29) is 11.9 Å². The predicted octanol–water partition coefficient (Wildman–Crippen LogP) is 2.40. The summed E-state index contributed by atoms with van der Waals surface area (Å²) in [4.78, 5) is 16.9. The van der Waals surface area contributed by atoms with E-state index in [1.54, 1.807) is 0 Å². The van der Waals surface area contributed by atoms with Crippen LogP contribution in [0.1, 0.15) is 35.8 Å². The zero-order chi connectivity index (χ0) is 14.5. The number of pyridine rings is 1. The molecule has 106 valence electrons. The van der Waals surface area contributed by atoms with E-state index in [9.17, 15) is 4.79 Å². The Bertz CT molecular complexity index is 610. The van der Waals surface area contributed by atoms with E-state index in [0.717, 1.165) is 29.4 Å². The molecule has 1 aromatic heterocycles. The molecule has 1 atom stereocenters. The van der Waals surface area contributed by atoms with E-state index in [0.29, 0.717) is 12.1 Å². The van der Waals surface area contributed by atoms with E-state index >= 15 is 0 Å². The van der Waals surface area contributed by atoms with Crippen LogP contribution in [0.2, 0.25) is 0 Å². The molecule has 20 heavy (non-hydrogen) atoms. The van der Waals surface area contributed by atoms with Crippen LogP contribution in [0, 0.1) is 6.92 Å². The van der Waals surface area contributed by atoms with Gasteiger partial charge in [0.1, 0.15) is 0 Å². The van der Waals surface area contributed by atoms with Crippen molar-refractivity contribution in [2.75, 3.05) is 6.54 Å². The Hall–Kier alpha value is -1.94. The molecule has 4 nitrogen and oxygen atoms in total. The number of hydrogen-bond donors (Lipinski definition) is 2. The van der Waals surface area contributed by atoms with Crippen LogP contribution >= 0.6 is 0 Å². The van der Waals surface area contributed by atoms with Crippen molar-refractivity contribution in [1.82, 2.24) is 10.3 Å². The normalized spacial score (nSPS) is 12.3. The van der Waals surface area contributed by atoms with Crippen LogP contribution in [0.15, 0.2) is 30.3 Å². The third-order valence-electron chi connectivity index (χ3n) is 3.31. The minimum Gasteiger partial charge on any atom is -0.350 e. The van der Waals surface area contributed by atoms with Crippen LogP contribution in [0.3, 0.4) is 0 Å². The Balaban J connectivity index is 2.25. The highest BCUT2D eigenvalue weighted by atomic mass is 16.1. The number of nitrogens with zero attached hydrogens (tertiary/aromatic N) is 1. The van der Waals surface area contributed by atoms with Gasteiger partial charge in [-0.1, -0.05) is 18.2 Å². The van der Waals surface area contributed by atoms with Gasteiger partial charge in [-0.25, -0.2) is 0 Å². The molecule has 1 amide bonds. The van der Waals surface area contributed by atoms with Gasteiger partial charge in [-0.3, -0.25) is 9.78 Å². The smallest absolute Gasteiger partial charge is 0.252 e. The maximum absolute atomic E-state index is 12.4. The van der Waals surface area contributed by atoms with Crippen molar-refractivity contribution in [1.29, 1.82) is 0 Å². The summed E-state index contributed by atoms with van der Waals surface area (Å²) in [5.41, 5.74) is 7.88. The molecule has 0 aliphatic carbocycles. The van der Waals surface area contributed by atoms with Gasteiger partial charge >= 0.3 is 0 Å². The Labute approximate surface area is 119 Å². The molecule has 0 spiro atoms. The summed E-state index contributed by atoms with van der Waals surface area (Å²) in [5, 5.41) is 3.92. The number of rotatable bonds is 5. The van der Waals surface area contributed by atoms with Crippen molar-refractivity contribution in [3.63, 3.8) is 0 Å². The highest BCUT2D eigenvalue weighted by molar-refractivity contribution is 6.06. The zero-order valence-electron chi connectivity index (χ0n) is 12.0. The van der Waals surface area contributed by atoms with Crippen molar-refractivity contribution in [2.24, 2.45) is 5.73 Å². The van der Waals surface area contributed by atoms with Crippen LogP contribution < -0.4 is 11.1 Å². The number of benzene rings is 1. The van der Waals surface area contributed by atoms with Gasteiger partial charge in [-0.15, -0.1) is 0 Å². The lowest BCUT2D eigenvalue weighted by Gasteiger charge is -2.14. The number of nitrogens with one attached hydrogen (secondary N) is 1. The molecule has 3 N–H and O–H groups in total. The number of carbonyl (C=O) groups excluding carboxylic acids is 1. The summed E-state index contributed by atoms with van der Waals surface area (Å²) >= 11 is 0. The Morgan fingerprint density at radius 3 is 2.90 bits per heavy atom. The van der Waals surface area contributed by atoms with Crippen LogP contribution in [0.4, 0.5) is 0 Å². The monoisotopic (exact) mass is 271 g/mol. The molecule has 0 fully saturated rings. The second-order valence-electron chi connectivity index (χ2n) is 5.13. The Morgan fingerprint density at radius 2 is 2.15 bits per heavy atom. The van der Waals surface area contributed by atoms with E-state index in [1.807, 2.05) is 44.2 Å². The molecule has 1 unspecified atom stereocenters. The number of para-hydroxylation sites is 1. The van der Waals surface area contributed by atoms with Crippen LogP contribution in [-0.2, 0) is 0 Å². The quantitative estimate of drug-likeness (QED) is 0.877. The lowest BCUT2D eigenvalue weighted by atomic mass is 10.1. The number of aromatic nitrogens is 1. The first-order chi connectivity index (χ1) is 9.61. The van der Waals surface area contributed by atoms with Crippen molar-refractivity contribution in [3.8, 4) is 0 Å². The van der Waals surface area contributed by atoms with Gasteiger partial charge in [0.25, 0.3) is 5.91 Å². The van der Waals surface area contributed by atoms with Crippen LogP contribution in [0.5, 0.6) is 0 Å². The molecular formula is C16H21N3O. The maximum Gasteiger partial charge on any atom is 0.252 e. The molecule has 0 aliphatic heterocycles. The standard InChI is InChI=1S/C16H21N3O/c1-11(6-5-9-17)19-16(20)14-10-12(2)18-15-8-4-3-7-13(14)15/h3-4,7-8,10-11H,5-6,9,17H2,1-2H3,(H,19,20). The molecule has 0 saturated heterocycles. The fourth-order valence-corrected chi connectivity index (χ4v) is 2.29.